The Hall–Kier alpha value is -3.70. The molecule has 1 atom stereocenters. The van der Waals surface area contributed by atoms with E-state index >= 15 is 0 Å². The van der Waals surface area contributed by atoms with Crippen LogP contribution in [0.2, 0.25) is 5.02 Å². The van der Waals surface area contributed by atoms with E-state index in [1.807, 2.05) is 0 Å². The third-order valence-corrected chi connectivity index (χ3v) is 6.33. The number of nitrogens with one attached hydrogen (secondary N) is 1. The van der Waals surface area contributed by atoms with Gasteiger partial charge in [0.05, 0.1) is 11.8 Å². The number of imide groups is 2. The van der Waals surface area contributed by atoms with Crippen molar-refractivity contribution >= 4 is 29.4 Å². The first-order valence-corrected chi connectivity index (χ1v) is 10.7. The van der Waals surface area contributed by atoms with E-state index in [0.717, 1.165) is 17.0 Å². The maximum Gasteiger partial charge on any atom is 0.416 e. The maximum atomic E-state index is 13.8. The lowest BCUT2D eigenvalue weighted by atomic mass is 9.87. The van der Waals surface area contributed by atoms with E-state index in [2.05, 4.69) is 10.4 Å². The average molecular weight is 506 g/mol. The van der Waals surface area contributed by atoms with E-state index in [0.29, 0.717) is 5.69 Å². The number of hydrogen-bond donors (Lipinski definition) is 2. The van der Waals surface area contributed by atoms with Crippen LogP contribution in [0.4, 0.5) is 18.0 Å². The highest BCUT2D eigenvalue weighted by molar-refractivity contribution is 6.31. The molecule has 1 saturated heterocycles. The van der Waals surface area contributed by atoms with Gasteiger partial charge in [-0.05, 0) is 48.4 Å². The highest BCUT2D eigenvalue weighted by atomic mass is 35.5. The van der Waals surface area contributed by atoms with Gasteiger partial charge in [0.25, 0.3) is 11.8 Å². The van der Waals surface area contributed by atoms with Crippen molar-refractivity contribution in [1.82, 2.24) is 20.0 Å². The summed E-state index contributed by atoms with van der Waals surface area (Å²) >= 11 is 6.12. The topological polar surface area (TPSA) is 110 Å². The number of benzene rings is 2. The van der Waals surface area contributed by atoms with Crippen LogP contribution in [0.3, 0.4) is 0 Å². The van der Waals surface area contributed by atoms with Gasteiger partial charge < -0.3 is 5.73 Å². The number of aromatic nitrogens is 2. The van der Waals surface area contributed by atoms with Gasteiger partial charge in [0.1, 0.15) is 0 Å². The fourth-order valence-electron chi connectivity index (χ4n) is 4.14. The molecular weight excluding hydrogens is 487 g/mol. The van der Waals surface area contributed by atoms with Gasteiger partial charge in [-0.1, -0.05) is 23.7 Å². The number of nitrogens with two attached hydrogens (primary N) is 1. The molecule has 8 nitrogen and oxygen atoms in total. The predicted octanol–water partition coefficient (Wildman–Crippen LogP) is 3.61. The van der Waals surface area contributed by atoms with Crippen LogP contribution in [0.1, 0.15) is 27.2 Å². The number of rotatable bonds is 4. The summed E-state index contributed by atoms with van der Waals surface area (Å²) in [5.74, 6) is -1.67. The molecule has 3 N–H and O–H groups in total. The molecular formula is C23H19ClF3N5O3. The van der Waals surface area contributed by atoms with Gasteiger partial charge >= 0.3 is 12.2 Å². The second kappa shape index (κ2) is 8.51. The zero-order chi connectivity index (χ0) is 25.7. The van der Waals surface area contributed by atoms with E-state index < -0.39 is 41.7 Å². The molecule has 1 unspecified atom stereocenters. The first-order valence-electron chi connectivity index (χ1n) is 10.3. The lowest BCUT2D eigenvalue weighted by Gasteiger charge is -2.33. The normalized spacial score (nSPS) is 18.2. The van der Waals surface area contributed by atoms with Crippen LogP contribution in [0.5, 0.6) is 0 Å². The van der Waals surface area contributed by atoms with Gasteiger partial charge in [0, 0.05) is 35.4 Å². The highest BCUT2D eigenvalue weighted by Crippen LogP contribution is 2.38. The van der Waals surface area contributed by atoms with Crippen LogP contribution >= 0.6 is 11.6 Å². The lowest BCUT2D eigenvalue weighted by molar-refractivity contribution is -0.137. The van der Waals surface area contributed by atoms with Gasteiger partial charge in [0.2, 0.25) is 0 Å². The minimum Gasteiger partial charge on any atom is -0.327 e. The zero-order valence-electron chi connectivity index (χ0n) is 18.5. The number of carbonyl (C=O) groups is 3. The lowest BCUT2D eigenvalue weighted by Crippen LogP contribution is -2.55. The minimum atomic E-state index is -4.54. The van der Waals surface area contributed by atoms with Gasteiger partial charge in [-0.15, -0.1) is 0 Å². The summed E-state index contributed by atoms with van der Waals surface area (Å²) < 4.78 is 40.5. The molecule has 182 valence electrons. The summed E-state index contributed by atoms with van der Waals surface area (Å²) in [6.07, 6.45) is -3.18. The number of alkyl halides is 3. The van der Waals surface area contributed by atoms with Crippen molar-refractivity contribution in [2.24, 2.45) is 12.8 Å². The fraction of sp³-hybridized carbons (Fsp3) is 0.217. The first-order chi connectivity index (χ1) is 16.4. The molecule has 0 aliphatic carbocycles. The van der Waals surface area contributed by atoms with Gasteiger partial charge in [-0.25, -0.2) is 9.69 Å². The molecule has 1 aliphatic rings. The molecule has 1 aromatic heterocycles. The molecule has 1 fully saturated rings. The van der Waals surface area contributed by atoms with E-state index in [1.165, 1.54) is 41.2 Å². The third-order valence-electron chi connectivity index (χ3n) is 6.10. The Morgan fingerprint density at radius 1 is 1.17 bits per heavy atom. The molecule has 12 heteroatoms. The number of urea groups is 1. The summed E-state index contributed by atoms with van der Waals surface area (Å²) in [6.45, 7) is 1.24. The Labute approximate surface area is 202 Å². The van der Waals surface area contributed by atoms with Crippen molar-refractivity contribution in [3.63, 3.8) is 0 Å². The summed E-state index contributed by atoms with van der Waals surface area (Å²) in [5.41, 5.74) is 4.41. The Balaban J connectivity index is 1.87. The first kappa shape index (κ1) is 24.4. The van der Waals surface area contributed by atoms with E-state index in [9.17, 15) is 27.6 Å². The second-order valence-corrected chi connectivity index (χ2v) is 8.43. The molecule has 4 rings (SSSR count). The average Bonchev–Trinajstić information content (AvgIpc) is 3.27. The Bertz CT molecular complexity index is 1350. The Morgan fingerprint density at radius 2 is 1.83 bits per heavy atom. The smallest absolute Gasteiger partial charge is 0.327 e. The molecule has 35 heavy (non-hydrogen) atoms. The molecule has 2 heterocycles. The summed E-state index contributed by atoms with van der Waals surface area (Å²) in [7, 11) is 1.63. The van der Waals surface area contributed by atoms with Gasteiger partial charge in [-0.2, -0.15) is 18.3 Å². The van der Waals surface area contributed by atoms with Crippen LogP contribution < -0.4 is 11.1 Å². The number of carbonyl (C=O) groups excluding carboxylic acids is 3. The van der Waals surface area contributed by atoms with Crippen molar-refractivity contribution in [3.8, 4) is 11.1 Å². The maximum absolute atomic E-state index is 13.8. The Kier molecular flexibility index (Phi) is 5.94. The summed E-state index contributed by atoms with van der Waals surface area (Å²) in [4.78, 5) is 40.4. The predicted molar refractivity (Wildman–Crippen MR) is 120 cm³/mol. The molecule has 0 radical (unpaired) electrons. The standard InChI is InChI=1S/C23H19ClF3N5O3/c1-12-18(10-29-31(12)2)22(11-28)20(34)30-21(35)32(22)19(33)16-8-7-15(24)9-17(16)13-3-5-14(6-4-13)23(25,26)27/h3-10H,11,28H2,1-2H3,(H,30,34,35). The number of hydrogen-bond acceptors (Lipinski definition) is 5. The van der Waals surface area contributed by atoms with E-state index in [1.54, 1.807) is 14.0 Å². The Morgan fingerprint density at radius 3 is 2.37 bits per heavy atom. The molecule has 0 saturated carbocycles. The van der Waals surface area contributed by atoms with Crippen LogP contribution in [0.15, 0.2) is 48.7 Å². The van der Waals surface area contributed by atoms with Crippen molar-refractivity contribution < 1.29 is 27.6 Å². The highest BCUT2D eigenvalue weighted by Gasteiger charge is 2.58. The molecule has 3 aromatic rings. The van der Waals surface area contributed by atoms with E-state index in [-0.39, 0.29) is 27.3 Å². The number of amides is 4. The fourth-order valence-corrected chi connectivity index (χ4v) is 4.31. The van der Waals surface area contributed by atoms with Crippen molar-refractivity contribution in [1.29, 1.82) is 0 Å². The van der Waals surface area contributed by atoms with Crippen molar-refractivity contribution in [3.05, 3.63) is 76.1 Å². The monoisotopic (exact) mass is 505 g/mol. The summed E-state index contributed by atoms with van der Waals surface area (Å²) in [6, 6.07) is 7.29. The van der Waals surface area contributed by atoms with Gasteiger partial charge in [0.15, 0.2) is 5.54 Å². The van der Waals surface area contributed by atoms with Crippen LogP contribution in [0.25, 0.3) is 11.1 Å². The molecule has 0 bridgehead atoms. The molecule has 1 aliphatic heterocycles. The second-order valence-electron chi connectivity index (χ2n) is 8.00. The zero-order valence-corrected chi connectivity index (χ0v) is 19.2. The number of halogens is 4. The van der Waals surface area contributed by atoms with Crippen LogP contribution in [-0.2, 0) is 23.6 Å². The van der Waals surface area contributed by atoms with Gasteiger partial charge in [-0.3, -0.25) is 19.6 Å². The molecule has 0 spiro atoms. The number of nitrogens with zero attached hydrogens (tertiary/aromatic N) is 3. The minimum absolute atomic E-state index is 0.0571. The molecule has 4 amide bonds. The summed E-state index contributed by atoms with van der Waals surface area (Å²) in [5, 5.41) is 6.47. The SMILES string of the molecule is Cc1c(C2(CN)C(=O)NC(=O)N2C(=O)c2ccc(Cl)cc2-c2ccc(C(F)(F)F)cc2)cnn1C. The quantitative estimate of drug-likeness (QED) is 0.526. The largest absolute Gasteiger partial charge is 0.416 e. The van der Waals surface area contributed by atoms with Crippen LogP contribution in [0, 0.1) is 6.92 Å². The number of aryl methyl sites for hydroxylation is 1. The van der Waals surface area contributed by atoms with E-state index in [4.69, 9.17) is 17.3 Å². The van der Waals surface area contributed by atoms with Crippen LogP contribution in [-0.4, -0.2) is 39.1 Å². The van der Waals surface area contributed by atoms with Crippen molar-refractivity contribution in [2.45, 2.75) is 18.6 Å². The third kappa shape index (κ3) is 3.86. The van der Waals surface area contributed by atoms with Crippen molar-refractivity contribution in [2.75, 3.05) is 6.54 Å². The molecule has 2 aromatic carbocycles.